The van der Waals surface area contributed by atoms with E-state index in [1.165, 1.54) is 3.96 Å². The predicted molar refractivity (Wildman–Crippen MR) is 179 cm³/mol. The zero-order valence-corrected chi connectivity index (χ0v) is 27.6. The number of epoxide rings is 1. The van der Waals surface area contributed by atoms with Crippen molar-refractivity contribution in [1.29, 1.82) is 5.26 Å². The van der Waals surface area contributed by atoms with Gasteiger partial charge in [-0.3, -0.25) is 9.59 Å². The number of amides is 1. The Labute approximate surface area is 285 Å². The van der Waals surface area contributed by atoms with Gasteiger partial charge in [-0.15, -0.1) is 0 Å². The molecule has 0 radical (unpaired) electrons. The summed E-state index contributed by atoms with van der Waals surface area (Å²) < 4.78 is 19.3. The largest absolute Gasteiger partial charge is 0.458 e. The Balaban J connectivity index is 0.967. The summed E-state index contributed by atoms with van der Waals surface area (Å²) in [5.41, 5.74) is 3.00. The molecule has 2 saturated heterocycles. The van der Waals surface area contributed by atoms with Crippen molar-refractivity contribution in [3.63, 3.8) is 0 Å². The van der Waals surface area contributed by atoms with Crippen molar-refractivity contribution in [2.75, 3.05) is 6.61 Å². The number of allylic oxidation sites excluding steroid dienone is 1. The number of aromatic nitrogens is 2. The molecule has 0 saturated carbocycles. The highest BCUT2D eigenvalue weighted by Gasteiger charge is 2.61. The second-order valence-electron chi connectivity index (χ2n) is 12.4. The lowest BCUT2D eigenvalue weighted by Crippen LogP contribution is -2.29. The summed E-state index contributed by atoms with van der Waals surface area (Å²) in [6.45, 7) is 6.27. The Kier molecular flexibility index (Phi) is 9.62. The quantitative estimate of drug-likeness (QED) is 0.154. The van der Waals surface area contributed by atoms with E-state index in [-0.39, 0.29) is 49.4 Å². The molecule has 1 N–H and O–H groups in total. The molecule has 3 aliphatic rings. The van der Waals surface area contributed by atoms with Gasteiger partial charge >= 0.3 is 22.5 Å². The number of ether oxygens (including phenoxy) is 3. The van der Waals surface area contributed by atoms with Gasteiger partial charge in [0.2, 0.25) is 5.91 Å². The number of hydrogen-bond donors (Lipinski definition) is 1. The van der Waals surface area contributed by atoms with Crippen LogP contribution < -0.4 is 15.9 Å². The van der Waals surface area contributed by atoms with E-state index in [0.717, 1.165) is 57.8 Å². The number of nitrogens with one attached hydrogen (secondary N) is 1. The molecule has 3 heterocycles. The van der Waals surface area contributed by atoms with E-state index in [1.54, 1.807) is 48.5 Å². The van der Waals surface area contributed by atoms with Gasteiger partial charge in [-0.1, -0.05) is 36.9 Å². The average molecular weight is 683 g/mol. The molecular weight excluding hydrogens is 648 g/mol. The lowest BCUT2D eigenvalue weighted by Gasteiger charge is -2.20. The fourth-order valence-electron chi connectivity index (χ4n) is 6.12. The first-order valence-electron chi connectivity index (χ1n) is 15.8. The maximum atomic E-state index is 12.9. The van der Waals surface area contributed by atoms with E-state index in [4.69, 9.17) is 19.5 Å². The van der Waals surface area contributed by atoms with Crippen LogP contribution >= 0.6 is 11.5 Å². The van der Waals surface area contributed by atoms with Crippen LogP contribution in [0.2, 0.25) is 0 Å². The van der Waals surface area contributed by atoms with Gasteiger partial charge in [0, 0.05) is 41.7 Å². The van der Waals surface area contributed by atoms with Crippen molar-refractivity contribution in [2.24, 2.45) is 5.92 Å². The van der Waals surface area contributed by atoms with E-state index in [0.29, 0.717) is 29.7 Å². The maximum Gasteiger partial charge on any atom is 0.346 e. The fraction of sp³-hybridized carbons (Fsp3) is 0.333. The standard InChI is InChI=1S/C36H34N4O8S/c1-22-28-14-11-26(4-3-17-36(2)32(48-36)31(28)47-33(22)43)21-46-30(42)16-15-29(41)38-19-24-5-7-25(8-6-24)20-39-34(44)40(49-35(39)45)27-12-9-23(18-37)10-13-27/h4-10,12-13,15-16,28,31-32H,1,3,11,14,17,19-21H2,2H3,(H,38,41)/b16-15-,26-4+/t28-,31-,32-,36+/m0/s1. The third kappa shape index (κ3) is 7.56. The molecule has 1 amide bonds. The molecule has 4 atom stereocenters. The summed E-state index contributed by atoms with van der Waals surface area (Å²) in [6, 6.07) is 15.5. The van der Waals surface area contributed by atoms with Crippen LogP contribution in [-0.4, -0.2) is 50.8 Å². The van der Waals surface area contributed by atoms with Crippen LogP contribution in [0.15, 0.2) is 94.1 Å². The van der Waals surface area contributed by atoms with E-state index >= 15 is 0 Å². The molecule has 0 bridgehead atoms. The second-order valence-corrected chi connectivity index (χ2v) is 13.3. The molecule has 1 aromatic heterocycles. The molecule has 6 rings (SSSR count). The minimum atomic E-state index is -0.654. The minimum absolute atomic E-state index is 0.0671. The van der Waals surface area contributed by atoms with Crippen LogP contribution in [0.1, 0.15) is 49.3 Å². The first kappa shape index (κ1) is 33.6. The minimum Gasteiger partial charge on any atom is -0.458 e. The lowest BCUT2D eigenvalue weighted by molar-refractivity contribution is -0.140. The average Bonchev–Trinajstić information content (AvgIpc) is 3.59. The lowest BCUT2D eigenvalue weighted by atomic mass is 9.84. The Morgan fingerprint density at radius 3 is 2.59 bits per heavy atom. The number of carbonyl (C=O) groups is 3. The van der Waals surface area contributed by atoms with Crippen LogP contribution in [0, 0.1) is 17.2 Å². The summed E-state index contributed by atoms with van der Waals surface area (Å²) in [5, 5.41) is 11.7. The van der Waals surface area contributed by atoms with Gasteiger partial charge in [-0.2, -0.15) is 5.26 Å². The summed E-state index contributed by atoms with van der Waals surface area (Å²) in [5.74, 6) is -1.67. The number of fused-ring (bicyclic) bond motifs is 3. The third-order valence-corrected chi connectivity index (χ3v) is 9.99. The van der Waals surface area contributed by atoms with E-state index < -0.39 is 22.4 Å². The first-order chi connectivity index (χ1) is 23.5. The highest BCUT2D eigenvalue weighted by molar-refractivity contribution is 7.03. The van der Waals surface area contributed by atoms with Gasteiger partial charge in [-0.25, -0.2) is 22.9 Å². The van der Waals surface area contributed by atoms with Crippen molar-refractivity contribution >= 4 is 29.4 Å². The van der Waals surface area contributed by atoms with Crippen molar-refractivity contribution in [3.05, 3.63) is 121 Å². The highest BCUT2D eigenvalue weighted by atomic mass is 32.1. The SMILES string of the molecule is C=C1C(=O)O[C@H]2[C@H]1CC/C(COC(=O)/C=C\C(=O)NCc1ccc(Cn3c(=O)sn(-c4ccc(C#N)cc4)c3=O)cc1)=C\CC[C@@]1(C)O[C@@H]21. The van der Waals surface area contributed by atoms with Crippen molar-refractivity contribution in [3.8, 4) is 11.8 Å². The molecule has 2 aliphatic heterocycles. The maximum absolute atomic E-state index is 12.9. The molecule has 13 heteroatoms. The number of benzene rings is 2. The van der Waals surface area contributed by atoms with Crippen molar-refractivity contribution in [2.45, 2.75) is 63.5 Å². The molecule has 1 aliphatic carbocycles. The summed E-state index contributed by atoms with van der Waals surface area (Å²) in [6.07, 6.45) is 6.49. The molecule has 49 heavy (non-hydrogen) atoms. The summed E-state index contributed by atoms with van der Waals surface area (Å²) in [4.78, 5) is 62.0. The van der Waals surface area contributed by atoms with Crippen molar-refractivity contribution < 1.29 is 28.6 Å². The van der Waals surface area contributed by atoms with E-state index in [9.17, 15) is 24.0 Å². The second kappa shape index (κ2) is 14.0. The molecule has 12 nitrogen and oxygen atoms in total. The number of esters is 2. The van der Waals surface area contributed by atoms with Gasteiger partial charge in [-0.05, 0) is 73.6 Å². The monoisotopic (exact) mass is 682 g/mol. The van der Waals surface area contributed by atoms with Crippen LogP contribution in [0.3, 0.4) is 0 Å². The van der Waals surface area contributed by atoms with Crippen LogP contribution in [0.5, 0.6) is 0 Å². The van der Waals surface area contributed by atoms with Gasteiger partial charge < -0.3 is 19.5 Å². The molecule has 2 fully saturated rings. The molecule has 2 aromatic carbocycles. The first-order valence-corrected chi connectivity index (χ1v) is 16.6. The number of nitriles is 1. The van der Waals surface area contributed by atoms with E-state index in [2.05, 4.69) is 11.9 Å². The van der Waals surface area contributed by atoms with Crippen LogP contribution in [-0.2, 0) is 41.7 Å². The molecule has 0 spiro atoms. The van der Waals surface area contributed by atoms with Gasteiger partial charge in [0.15, 0.2) is 0 Å². The smallest absolute Gasteiger partial charge is 0.346 e. The normalized spacial score (nSPS) is 24.2. The van der Waals surface area contributed by atoms with E-state index in [1.807, 2.05) is 19.1 Å². The number of rotatable bonds is 9. The van der Waals surface area contributed by atoms with Crippen molar-refractivity contribution in [1.82, 2.24) is 13.8 Å². The molecule has 252 valence electrons. The predicted octanol–water partition coefficient (Wildman–Crippen LogP) is 3.45. The number of carbonyl (C=O) groups excluding carboxylic acids is 3. The summed E-state index contributed by atoms with van der Waals surface area (Å²) in [7, 11) is 0. The highest BCUT2D eigenvalue weighted by Crippen LogP contribution is 2.49. The Morgan fingerprint density at radius 1 is 1.12 bits per heavy atom. The van der Waals surface area contributed by atoms with Crippen LogP contribution in [0.4, 0.5) is 0 Å². The Hall–Kier alpha value is -5.32. The Morgan fingerprint density at radius 2 is 1.86 bits per heavy atom. The topological polar surface area (TPSA) is 162 Å². The fourth-order valence-corrected chi connectivity index (χ4v) is 6.92. The number of hydrogen-bond acceptors (Lipinski definition) is 10. The number of nitrogens with zero attached hydrogens (tertiary/aromatic N) is 3. The third-order valence-electron chi connectivity index (χ3n) is 9.07. The van der Waals surface area contributed by atoms with Crippen LogP contribution in [0.25, 0.3) is 5.69 Å². The van der Waals surface area contributed by atoms with Gasteiger partial charge in [0.1, 0.15) is 18.8 Å². The van der Waals surface area contributed by atoms with Gasteiger partial charge in [0.05, 0.1) is 29.5 Å². The summed E-state index contributed by atoms with van der Waals surface area (Å²) >= 11 is 0.783. The zero-order valence-electron chi connectivity index (χ0n) is 26.8. The Bertz CT molecular complexity index is 2010. The molecule has 3 aromatic rings. The zero-order chi connectivity index (χ0) is 34.7. The van der Waals surface area contributed by atoms with Gasteiger partial charge in [0.25, 0.3) is 0 Å². The molecule has 0 unspecified atom stereocenters. The molecular formula is C36H34N4O8S.